The lowest BCUT2D eigenvalue weighted by Gasteiger charge is -2.17. The lowest BCUT2D eigenvalue weighted by molar-refractivity contribution is 0.0781. The molecule has 1 fully saturated rings. The third-order valence-corrected chi connectivity index (χ3v) is 3.67. The van der Waals surface area contributed by atoms with Gasteiger partial charge in [-0.3, -0.25) is 4.79 Å². The molecular weight excluding hydrogens is 278 g/mol. The van der Waals surface area contributed by atoms with Gasteiger partial charge in [-0.2, -0.15) is 0 Å². The Morgan fingerprint density at radius 2 is 2.10 bits per heavy atom. The van der Waals surface area contributed by atoms with Crippen LogP contribution in [0.15, 0.2) is 12.1 Å². The average molecular weight is 298 g/mol. The molecule has 1 saturated heterocycles. The first-order valence-corrected chi connectivity index (χ1v) is 7.19. The predicted molar refractivity (Wildman–Crippen MR) is 76.2 cm³/mol. The Balaban J connectivity index is 2.15. The second-order valence-corrected chi connectivity index (χ2v) is 5.33. The second-order valence-electron chi connectivity index (χ2n) is 5.33. The maximum Gasteiger partial charge on any atom is 0.254 e. The molecule has 2 rings (SSSR count). The van der Waals surface area contributed by atoms with Crippen LogP contribution in [0, 0.1) is 17.6 Å². The molecule has 1 aromatic rings. The Morgan fingerprint density at radius 1 is 1.43 bits per heavy atom. The number of hydrogen-bond acceptors (Lipinski definition) is 3. The minimum Gasteiger partial charge on any atom is -0.396 e. The fourth-order valence-corrected chi connectivity index (χ4v) is 2.46. The molecule has 21 heavy (non-hydrogen) atoms. The van der Waals surface area contributed by atoms with Crippen LogP contribution in [0.2, 0.25) is 0 Å². The average Bonchev–Trinajstić information content (AvgIpc) is 2.94. The SMILES string of the molecule is CCCNc1c(F)cc(C(=O)N2CCC(CO)C2)cc1F. The van der Waals surface area contributed by atoms with Gasteiger partial charge in [0, 0.05) is 37.7 Å². The predicted octanol–water partition coefficient (Wildman–Crippen LogP) is 2.24. The van der Waals surface area contributed by atoms with Crippen LogP contribution in [0.25, 0.3) is 0 Å². The molecule has 1 unspecified atom stereocenters. The number of likely N-dealkylation sites (tertiary alicyclic amines) is 1. The maximum atomic E-state index is 13.9. The maximum absolute atomic E-state index is 13.9. The molecule has 0 aromatic heterocycles. The highest BCUT2D eigenvalue weighted by molar-refractivity contribution is 5.94. The molecule has 0 saturated carbocycles. The van der Waals surface area contributed by atoms with Gasteiger partial charge in [-0.1, -0.05) is 6.92 Å². The zero-order chi connectivity index (χ0) is 15.4. The molecular formula is C15H20F2N2O2. The van der Waals surface area contributed by atoms with E-state index in [1.165, 1.54) is 4.90 Å². The highest BCUT2D eigenvalue weighted by Crippen LogP contribution is 2.24. The summed E-state index contributed by atoms with van der Waals surface area (Å²) in [5, 5.41) is 11.8. The fraction of sp³-hybridized carbons (Fsp3) is 0.533. The minimum atomic E-state index is -0.760. The number of rotatable bonds is 5. The monoisotopic (exact) mass is 298 g/mol. The summed E-state index contributed by atoms with van der Waals surface area (Å²) < 4.78 is 27.8. The van der Waals surface area contributed by atoms with Crippen molar-refractivity contribution in [2.24, 2.45) is 5.92 Å². The van der Waals surface area contributed by atoms with Gasteiger partial charge in [-0.15, -0.1) is 0 Å². The molecule has 0 aliphatic carbocycles. The van der Waals surface area contributed by atoms with Crippen LogP contribution < -0.4 is 5.32 Å². The summed E-state index contributed by atoms with van der Waals surface area (Å²) in [6.45, 7) is 3.31. The zero-order valence-electron chi connectivity index (χ0n) is 12.0. The van der Waals surface area contributed by atoms with Crippen molar-refractivity contribution in [1.82, 2.24) is 4.90 Å². The lowest BCUT2D eigenvalue weighted by Crippen LogP contribution is -2.29. The Kier molecular flexibility index (Phi) is 5.12. The minimum absolute atomic E-state index is 0.00522. The van der Waals surface area contributed by atoms with Crippen molar-refractivity contribution in [3.8, 4) is 0 Å². The van der Waals surface area contributed by atoms with E-state index in [9.17, 15) is 13.6 Å². The van der Waals surface area contributed by atoms with E-state index in [4.69, 9.17) is 5.11 Å². The highest BCUT2D eigenvalue weighted by Gasteiger charge is 2.27. The molecule has 0 spiro atoms. The van der Waals surface area contributed by atoms with E-state index in [2.05, 4.69) is 5.32 Å². The number of amides is 1. The van der Waals surface area contributed by atoms with Crippen molar-refractivity contribution in [2.45, 2.75) is 19.8 Å². The molecule has 116 valence electrons. The lowest BCUT2D eigenvalue weighted by atomic mass is 10.1. The first-order valence-electron chi connectivity index (χ1n) is 7.19. The molecule has 0 radical (unpaired) electrons. The van der Waals surface area contributed by atoms with Crippen LogP contribution in [-0.2, 0) is 0 Å². The van der Waals surface area contributed by atoms with Crippen LogP contribution >= 0.6 is 0 Å². The van der Waals surface area contributed by atoms with Gasteiger partial charge in [0.15, 0.2) is 0 Å². The van der Waals surface area contributed by atoms with Crippen LogP contribution in [0.5, 0.6) is 0 Å². The van der Waals surface area contributed by atoms with Crippen LogP contribution in [0.1, 0.15) is 30.1 Å². The third kappa shape index (κ3) is 3.50. The summed E-state index contributed by atoms with van der Waals surface area (Å²) in [6.07, 6.45) is 1.46. The van der Waals surface area contributed by atoms with E-state index >= 15 is 0 Å². The molecule has 0 bridgehead atoms. The summed E-state index contributed by atoms with van der Waals surface area (Å²) in [5.41, 5.74) is -0.186. The first-order chi connectivity index (χ1) is 10.1. The van der Waals surface area contributed by atoms with Gasteiger partial charge in [0.2, 0.25) is 0 Å². The molecule has 1 aliphatic heterocycles. The number of nitrogens with one attached hydrogen (secondary N) is 1. The fourth-order valence-electron chi connectivity index (χ4n) is 2.46. The van der Waals surface area contributed by atoms with Crippen molar-refractivity contribution < 1.29 is 18.7 Å². The number of carbonyl (C=O) groups is 1. The van der Waals surface area contributed by atoms with Gasteiger partial charge in [-0.05, 0) is 25.0 Å². The number of aliphatic hydroxyl groups is 1. The number of anilines is 1. The Hall–Kier alpha value is -1.69. The quantitative estimate of drug-likeness (QED) is 0.876. The van der Waals surface area contributed by atoms with E-state index in [0.29, 0.717) is 26.1 Å². The molecule has 1 aromatic carbocycles. The van der Waals surface area contributed by atoms with E-state index < -0.39 is 17.5 Å². The topological polar surface area (TPSA) is 52.6 Å². The number of benzene rings is 1. The molecule has 6 heteroatoms. The van der Waals surface area contributed by atoms with Crippen LogP contribution in [0.3, 0.4) is 0 Å². The van der Waals surface area contributed by atoms with Gasteiger partial charge >= 0.3 is 0 Å². The van der Waals surface area contributed by atoms with Crippen molar-refractivity contribution in [3.63, 3.8) is 0 Å². The molecule has 1 atom stereocenters. The number of carbonyl (C=O) groups excluding carboxylic acids is 1. The van der Waals surface area contributed by atoms with Gasteiger partial charge in [0.25, 0.3) is 5.91 Å². The third-order valence-electron chi connectivity index (χ3n) is 3.67. The van der Waals surface area contributed by atoms with Gasteiger partial charge in [0.1, 0.15) is 17.3 Å². The summed E-state index contributed by atoms with van der Waals surface area (Å²) in [7, 11) is 0. The van der Waals surface area contributed by atoms with E-state index in [-0.39, 0.29) is 23.8 Å². The molecule has 2 N–H and O–H groups in total. The van der Waals surface area contributed by atoms with E-state index in [1.807, 2.05) is 6.92 Å². The number of nitrogens with zero attached hydrogens (tertiary/aromatic N) is 1. The molecule has 4 nitrogen and oxygen atoms in total. The number of hydrogen-bond donors (Lipinski definition) is 2. The number of aliphatic hydroxyl groups excluding tert-OH is 1. The Bertz CT molecular complexity index is 499. The van der Waals surface area contributed by atoms with E-state index in [0.717, 1.165) is 18.6 Å². The smallest absolute Gasteiger partial charge is 0.254 e. The normalized spacial score (nSPS) is 18.1. The van der Waals surface area contributed by atoms with Crippen molar-refractivity contribution in [3.05, 3.63) is 29.3 Å². The summed E-state index contributed by atoms with van der Waals surface area (Å²) in [5.74, 6) is -1.87. The van der Waals surface area contributed by atoms with Crippen molar-refractivity contribution in [2.75, 3.05) is 31.6 Å². The Labute approximate surface area is 122 Å². The summed E-state index contributed by atoms with van der Waals surface area (Å²) in [4.78, 5) is 13.8. The van der Waals surface area contributed by atoms with Crippen molar-refractivity contribution >= 4 is 11.6 Å². The van der Waals surface area contributed by atoms with Crippen LogP contribution in [0.4, 0.5) is 14.5 Å². The molecule has 1 amide bonds. The summed E-state index contributed by atoms with van der Waals surface area (Å²) >= 11 is 0. The van der Waals surface area contributed by atoms with Gasteiger partial charge in [-0.25, -0.2) is 8.78 Å². The van der Waals surface area contributed by atoms with Gasteiger partial charge < -0.3 is 15.3 Å². The number of halogens is 2. The summed E-state index contributed by atoms with van der Waals surface area (Å²) in [6, 6.07) is 2.13. The first kappa shape index (κ1) is 15.7. The van der Waals surface area contributed by atoms with E-state index in [1.54, 1.807) is 0 Å². The van der Waals surface area contributed by atoms with Crippen LogP contribution in [-0.4, -0.2) is 42.2 Å². The Morgan fingerprint density at radius 3 is 2.62 bits per heavy atom. The molecule has 1 heterocycles. The standard InChI is InChI=1S/C15H20F2N2O2/c1-2-4-18-14-12(16)6-11(7-13(14)17)15(21)19-5-3-10(8-19)9-20/h6-7,10,18,20H,2-5,8-9H2,1H3. The molecule has 1 aliphatic rings. The highest BCUT2D eigenvalue weighted by atomic mass is 19.1. The van der Waals surface area contributed by atoms with Crippen molar-refractivity contribution in [1.29, 1.82) is 0 Å². The second kappa shape index (κ2) is 6.85. The largest absolute Gasteiger partial charge is 0.396 e. The van der Waals surface area contributed by atoms with Gasteiger partial charge in [0.05, 0.1) is 0 Å². The zero-order valence-corrected chi connectivity index (χ0v) is 12.0.